The maximum Gasteiger partial charge on any atom is 0.319 e. The molecule has 5 nitrogen and oxygen atoms in total. The molecule has 0 aliphatic carbocycles. The van der Waals surface area contributed by atoms with E-state index in [9.17, 15) is 9.90 Å². The van der Waals surface area contributed by atoms with E-state index < -0.39 is 6.10 Å². The van der Waals surface area contributed by atoms with E-state index >= 15 is 0 Å². The van der Waals surface area contributed by atoms with Gasteiger partial charge in [0.15, 0.2) is 0 Å². The number of rotatable bonds is 4. The molecule has 17 heavy (non-hydrogen) atoms. The summed E-state index contributed by atoms with van der Waals surface area (Å²) < 4.78 is 0. The van der Waals surface area contributed by atoms with Crippen molar-refractivity contribution in [1.29, 1.82) is 0 Å². The fraction of sp³-hybridized carbons (Fsp3) is 0.364. The highest BCUT2D eigenvalue weighted by Gasteiger charge is 2.13. The van der Waals surface area contributed by atoms with Gasteiger partial charge in [-0.3, -0.25) is 0 Å². The highest BCUT2D eigenvalue weighted by Crippen LogP contribution is 2.23. The number of urea groups is 1. The van der Waals surface area contributed by atoms with Crippen LogP contribution in [0, 0.1) is 0 Å². The zero-order valence-corrected chi connectivity index (χ0v) is 9.92. The molecule has 0 saturated carbocycles. The fourth-order valence-electron chi connectivity index (χ4n) is 1.59. The quantitative estimate of drug-likeness (QED) is 0.614. The SMILES string of the molecule is O=C1NCc2ccc(NCC(O)CCl)cc2N1. The van der Waals surface area contributed by atoms with Gasteiger partial charge < -0.3 is 21.1 Å². The normalized spacial score (nSPS) is 15.5. The van der Waals surface area contributed by atoms with Crippen LogP contribution in [0.3, 0.4) is 0 Å². The van der Waals surface area contributed by atoms with Crippen LogP contribution in [0.15, 0.2) is 18.2 Å². The van der Waals surface area contributed by atoms with Crippen LogP contribution in [0.4, 0.5) is 16.2 Å². The van der Waals surface area contributed by atoms with E-state index in [1.807, 2.05) is 18.2 Å². The average molecular weight is 256 g/mol. The topological polar surface area (TPSA) is 73.4 Å². The molecule has 92 valence electrons. The number of amides is 2. The summed E-state index contributed by atoms with van der Waals surface area (Å²) in [4.78, 5) is 11.1. The Bertz CT molecular complexity index is 425. The van der Waals surface area contributed by atoms with E-state index in [0.717, 1.165) is 16.9 Å². The highest BCUT2D eigenvalue weighted by molar-refractivity contribution is 6.18. The van der Waals surface area contributed by atoms with Gasteiger partial charge in [0.2, 0.25) is 0 Å². The third kappa shape index (κ3) is 3.01. The lowest BCUT2D eigenvalue weighted by Crippen LogP contribution is -2.33. The molecular weight excluding hydrogens is 242 g/mol. The van der Waals surface area contributed by atoms with Gasteiger partial charge in [-0.25, -0.2) is 4.79 Å². The second-order valence-corrected chi connectivity index (χ2v) is 4.18. The third-order valence-corrected chi connectivity index (χ3v) is 2.87. The van der Waals surface area contributed by atoms with E-state index in [4.69, 9.17) is 11.6 Å². The van der Waals surface area contributed by atoms with E-state index in [0.29, 0.717) is 13.1 Å². The number of aliphatic hydroxyl groups is 1. The summed E-state index contributed by atoms with van der Waals surface area (Å²) in [5.74, 6) is 0.193. The highest BCUT2D eigenvalue weighted by atomic mass is 35.5. The Morgan fingerprint density at radius 1 is 1.53 bits per heavy atom. The molecule has 2 amide bonds. The number of hydrogen-bond donors (Lipinski definition) is 4. The monoisotopic (exact) mass is 255 g/mol. The molecule has 4 N–H and O–H groups in total. The standard InChI is InChI=1S/C11H14ClN3O2/c12-4-9(16)6-13-8-2-1-7-5-14-11(17)15-10(7)3-8/h1-3,9,13,16H,4-6H2,(H2,14,15,17). The molecule has 1 aliphatic heterocycles. The Balaban J connectivity index is 2.05. The smallest absolute Gasteiger partial charge is 0.319 e. The van der Waals surface area contributed by atoms with Crippen LogP contribution < -0.4 is 16.0 Å². The summed E-state index contributed by atoms with van der Waals surface area (Å²) in [5, 5.41) is 17.8. The summed E-state index contributed by atoms with van der Waals surface area (Å²) >= 11 is 5.50. The summed E-state index contributed by atoms with van der Waals surface area (Å²) in [6, 6.07) is 5.47. The van der Waals surface area contributed by atoms with Crippen molar-refractivity contribution in [1.82, 2.24) is 5.32 Å². The van der Waals surface area contributed by atoms with Crippen LogP contribution in [0.25, 0.3) is 0 Å². The first-order valence-electron chi connectivity index (χ1n) is 5.34. The predicted octanol–water partition coefficient (Wildman–Crippen LogP) is 1.33. The summed E-state index contributed by atoms with van der Waals surface area (Å²) in [6.45, 7) is 0.917. The summed E-state index contributed by atoms with van der Waals surface area (Å²) in [7, 11) is 0. The van der Waals surface area contributed by atoms with Crippen LogP contribution in [-0.4, -0.2) is 29.7 Å². The molecule has 1 atom stereocenters. The minimum Gasteiger partial charge on any atom is -0.390 e. The van der Waals surface area contributed by atoms with Crippen molar-refractivity contribution in [2.45, 2.75) is 12.6 Å². The predicted molar refractivity (Wildman–Crippen MR) is 67.5 cm³/mol. The Kier molecular flexibility index (Phi) is 3.71. The van der Waals surface area contributed by atoms with Crippen molar-refractivity contribution >= 4 is 29.0 Å². The number of carbonyl (C=O) groups excluding carboxylic acids is 1. The van der Waals surface area contributed by atoms with Crippen molar-refractivity contribution in [3.8, 4) is 0 Å². The molecule has 1 aromatic rings. The minimum absolute atomic E-state index is 0.193. The number of carbonyl (C=O) groups is 1. The van der Waals surface area contributed by atoms with E-state index in [1.54, 1.807) is 0 Å². The maximum absolute atomic E-state index is 11.1. The van der Waals surface area contributed by atoms with Crippen LogP contribution in [0.5, 0.6) is 0 Å². The van der Waals surface area contributed by atoms with Gasteiger partial charge in [-0.15, -0.1) is 11.6 Å². The van der Waals surface area contributed by atoms with Crippen molar-refractivity contribution in [3.05, 3.63) is 23.8 Å². The van der Waals surface area contributed by atoms with Gasteiger partial charge in [0.25, 0.3) is 0 Å². The Morgan fingerprint density at radius 2 is 2.35 bits per heavy atom. The molecule has 1 unspecified atom stereocenters. The van der Waals surface area contributed by atoms with Gasteiger partial charge in [0.05, 0.1) is 12.0 Å². The van der Waals surface area contributed by atoms with Gasteiger partial charge >= 0.3 is 6.03 Å². The molecule has 0 fully saturated rings. The first-order valence-corrected chi connectivity index (χ1v) is 5.88. The fourth-order valence-corrected chi connectivity index (χ4v) is 1.70. The number of anilines is 2. The van der Waals surface area contributed by atoms with Crippen LogP contribution in [0.1, 0.15) is 5.56 Å². The second kappa shape index (κ2) is 5.25. The molecule has 1 aliphatic rings. The first kappa shape index (κ1) is 12.0. The molecule has 0 radical (unpaired) electrons. The Labute approximate surface area is 104 Å². The molecule has 0 spiro atoms. The van der Waals surface area contributed by atoms with Gasteiger partial charge in [-0.05, 0) is 17.7 Å². The Morgan fingerprint density at radius 3 is 3.12 bits per heavy atom. The van der Waals surface area contributed by atoms with Crippen LogP contribution >= 0.6 is 11.6 Å². The van der Waals surface area contributed by atoms with Gasteiger partial charge in [0, 0.05) is 24.5 Å². The molecule has 0 bridgehead atoms. The van der Waals surface area contributed by atoms with Crippen molar-refractivity contribution in [2.75, 3.05) is 23.1 Å². The van der Waals surface area contributed by atoms with Gasteiger partial charge in [-0.2, -0.15) is 0 Å². The maximum atomic E-state index is 11.1. The third-order valence-electron chi connectivity index (χ3n) is 2.52. The number of hydrogen-bond acceptors (Lipinski definition) is 3. The Hall–Kier alpha value is -1.46. The van der Waals surface area contributed by atoms with Crippen molar-refractivity contribution in [3.63, 3.8) is 0 Å². The van der Waals surface area contributed by atoms with E-state index in [1.165, 1.54) is 0 Å². The van der Waals surface area contributed by atoms with Crippen molar-refractivity contribution in [2.24, 2.45) is 0 Å². The number of alkyl halides is 1. The van der Waals surface area contributed by atoms with Gasteiger partial charge in [-0.1, -0.05) is 6.07 Å². The summed E-state index contributed by atoms with van der Waals surface area (Å²) in [6.07, 6.45) is -0.580. The largest absolute Gasteiger partial charge is 0.390 e. The van der Waals surface area contributed by atoms with Crippen LogP contribution in [0.2, 0.25) is 0 Å². The molecule has 1 aromatic carbocycles. The zero-order chi connectivity index (χ0) is 12.3. The number of benzene rings is 1. The molecule has 1 heterocycles. The van der Waals surface area contributed by atoms with Crippen molar-refractivity contribution < 1.29 is 9.90 Å². The second-order valence-electron chi connectivity index (χ2n) is 3.87. The first-order chi connectivity index (χ1) is 8.19. The lowest BCUT2D eigenvalue weighted by atomic mass is 10.1. The average Bonchev–Trinajstić information content (AvgIpc) is 2.35. The lowest BCUT2D eigenvalue weighted by molar-refractivity contribution is 0.211. The number of halogens is 1. The number of nitrogens with one attached hydrogen (secondary N) is 3. The molecule has 2 rings (SSSR count). The molecular formula is C11H14ClN3O2. The molecule has 6 heteroatoms. The minimum atomic E-state index is -0.580. The summed E-state index contributed by atoms with van der Waals surface area (Å²) in [5.41, 5.74) is 2.67. The number of aliphatic hydroxyl groups excluding tert-OH is 1. The molecule has 0 saturated heterocycles. The van der Waals surface area contributed by atoms with Gasteiger partial charge in [0.1, 0.15) is 0 Å². The number of fused-ring (bicyclic) bond motifs is 1. The molecule has 0 aromatic heterocycles. The lowest BCUT2D eigenvalue weighted by Gasteiger charge is -2.19. The van der Waals surface area contributed by atoms with Crippen LogP contribution in [-0.2, 0) is 6.54 Å². The zero-order valence-electron chi connectivity index (χ0n) is 9.16. The van der Waals surface area contributed by atoms with E-state index in [2.05, 4.69) is 16.0 Å². The van der Waals surface area contributed by atoms with E-state index in [-0.39, 0.29) is 11.9 Å².